The molecule has 2 aromatic rings. The molecule has 1 fully saturated rings. The second-order valence-electron chi connectivity index (χ2n) is 8.38. The average Bonchev–Trinajstić information content (AvgIpc) is 2.75. The van der Waals surface area contributed by atoms with E-state index in [0.717, 1.165) is 16.7 Å². The number of aryl methyl sites for hydroxylation is 2. The van der Waals surface area contributed by atoms with Crippen LogP contribution in [0.15, 0.2) is 48.5 Å². The van der Waals surface area contributed by atoms with Crippen LogP contribution in [0.2, 0.25) is 0 Å². The molecule has 0 bridgehead atoms. The van der Waals surface area contributed by atoms with E-state index in [4.69, 9.17) is 0 Å². The van der Waals surface area contributed by atoms with E-state index < -0.39 is 6.04 Å². The van der Waals surface area contributed by atoms with Crippen LogP contribution >= 0.6 is 0 Å². The maximum absolute atomic E-state index is 12.9. The van der Waals surface area contributed by atoms with Gasteiger partial charge in [0.1, 0.15) is 6.04 Å². The predicted molar refractivity (Wildman–Crippen MR) is 121 cm³/mol. The first-order valence-corrected chi connectivity index (χ1v) is 10.8. The van der Waals surface area contributed by atoms with Gasteiger partial charge in [-0.15, -0.1) is 0 Å². The van der Waals surface area contributed by atoms with Gasteiger partial charge in [-0.2, -0.15) is 0 Å². The molecule has 31 heavy (non-hydrogen) atoms. The Morgan fingerprint density at radius 1 is 0.935 bits per heavy atom. The highest BCUT2D eigenvalue weighted by Gasteiger charge is 2.27. The molecule has 1 saturated heterocycles. The maximum atomic E-state index is 12.9. The van der Waals surface area contributed by atoms with Crippen LogP contribution in [0.3, 0.4) is 0 Å². The van der Waals surface area contributed by atoms with Gasteiger partial charge >= 0.3 is 0 Å². The number of likely N-dealkylation sites (tertiary alicyclic amines) is 1. The van der Waals surface area contributed by atoms with Gasteiger partial charge in [0.05, 0.1) is 0 Å². The summed E-state index contributed by atoms with van der Waals surface area (Å²) < 4.78 is 0. The number of hydrogen-bond donors (Lipinski definition) is 2. The zero-order valence-corrected chi connectivity index (χ0v) is 18.5. The third kappa shape index (κ3) is 6.41. The summed E-state index contributed by atoms with van der Waals surface area (Å²) in [5.74, 6) is -0.384. The summed E-state index contributed by atoms with van der Waals surface area (Å²) >= 11 is 0. The molecule has 3 rings (SSSR count). The first kappa shape index (κ1) is 22.5. The Balaban J connectivity index is 1.55. The number of nitrogens with one attached hydrogen (secondary N) is 2. The minimum Gasteiger partial charge on any atom is -0.351 e. The molecular weight excluding hydrogens is 390 g/mol. The van der Waals surface area contributed by atoms with E-state index in [1.54, 1.807) is 0 Å². The second-order valence-corrected chi connectivity index (χ2v) is 8.38. The van der Waals surface area contributed by atoms with Crippen LogP contribution in [0, 0.1) is 13.8 Å². The number of nitrogens with zero attached hydrogens (tertiary/aromatic N) is 1. The van der Waals surface area contributed by atoms with Crippen LogP contribution in [0.5, 0.6) is 0 Å². The summed E-state index contributed by atoms with van der Waals surface area (Å²) in [6, 6.07) is 14.9. The molecule has 2 aromatic carbocycles. The van der Waals surface area contributed by atoms with Gasteiger partial charge in [-0.3, -0.25) is 14.4 Å². The lowest BCUT2D eigenvalue weighted by atomic mass is 10.0. The molecule has 1 heterocycles. The van der Waals surface area contributed by atoms with E-state index >= 15 is 0 Å². The smallest absolute Gasteiger partial charge is 0.253 e. The zero-order chi connectivity index (χ0) is 22.4. The van der Waals surface area contributed by atoms with E-state index in [1.165, 1.54) is 6.92 Å². The molecule has 3 amide bonds. The summed E-state index contributed by atoms with van der Waals surface area (Å²) in [6.07, 6.45) is 1.83. The molecule has 0 saturated carbocycles. The Morgan fingerprint density at radius 2 is 1.48 bits per heavy atom. The van der Waals surface area contributed by atoms with Crippen molar-refractivity contribution in [3.63, 3.8) is 0 Å². The Morgan fingerprint density at radius 3 is 2.03 bits per heavy atom. The summed E-state index contributed by atoms with van der Waals surface area (Å²) in [5.41, 5.74) is 3.96. The molecular formula is C25H31N3O3. The molecule has 1 aliphatic rings. The number of rotatable bonds is 6. The summed E-state index contributed by atoms with van der Waals surface area (Å²) in [6.45, 7) is 6.62. The van der Waals surface area contributed by atoms with E-state index in [1.807, 2.05) is 67.3 Å². The lowest BCUT2D eigenvalue weighted by Gasteiger charge is -2.33. The van der Waals surface area contributed by atoms with Crippen LogP contribution in [0.4, 0.5) is 0 Å². The molecule has 0 radical (unpaired) electrons. The third-order valence-electron chi connectivity index (χ3n) is 5.68. The fourth-order valence-corrected chi connectivity index (χ4v) is 3.82. The molecule has 1 atom stereocenters. The van der Waals surface area contributed by atoms with Crippen molar-refractivity contribution in [3.05, 3.63) is 70.8 Å². The molecule has 6 heteroatoms. The van der Waals surface area contributed by atoms with Gasteiger partial charge in [-0.05, 0) is 44.4 Å². The van der Waals surface area contributed by atoms with Gasteiger partial charge in [0.2, 0.25) is 11.8 Å². The van der Waals surface area contributed by atoms with Crippen molar-refractivity contribution in [3.8, 4) is 0 Å². The third-order valence-corrected chi connectivity index (χ3v) is 5.68. The lowest BCUT2D eigenvalue weighted by molar-refractivity contribution is -0.128. The van der Waals surface area contributed by atoms with Crippen LogP contribution < -0.4 is 10.6 Å². The Bertz CT molecular complexity index is 914. The van der Waals surface area contributed by atoms with Crippen molar-refractivity contribution in [1.82, 2.24) is 15.5 Å². The van der Waals surface area contributed by atoms with Crippen molar-refractivity contribution in [2.75, 3.05) is 13.1 Å². The topological polar surface area (TPSA) is 78.5 Å². The van der Waals surface area contributed by atoms with E-state index in [2.05, 4.69) is 10.6 Å². The van der Waals surface area contributed by atoms with Crippen molar-refractivity contribution < 1.29 is 14.4 Å². The number of piperidine rings is 1. The highest BCUT2D eigenvalue weighted by Crippen LogP contribution is 2.15. The number of benzene rings is 2. The maximum Gasteiger partial charge on any atom is 0.253 e. The second kappa shape index (κ2) is 10.2. The van der Waals surface area contributed by atoms with Gasteiger partial charge in [-0.1, -0.05) is 47.5 Å². The predicted octanol–water partition coefficient (Wildman–Crippen LogP) is 2.77. The van der Waals surface area contributed by atoms with Gasteiger partial charge in [0.25, 0.3) is 5.91 Å². The molecule has 1 unspecified atom stereocenters. The van der Waals surface area contributed by atoms with Gasteiger partial charge < -0.3 is 15.5 Å². The number of carbonyl (C=O) groups excluding carboxylic acids is 3. The first-order chi connectivity index (χ1) is 14.8. The van der Waals surface area contributed by atoms with Crippen molar-refractivity contribution >= 4 is 17.7 Å². The lowest BCUT2D eigenvalue weighted by Crippen LogP contribution is -2.53. The van der Waals surface area contributed by atoms with Gasteiger partial charge in [-0.25, -0.2) is 0 Å². The Hall–Kier alpha value is -3.15. The van der Waals surface area contributed by atoms with E-state index in [-0.39, 0.29) is 23.8 Å². The molecule has 0 aliphatic carbocycles. The van der Waals surface area contributed by atoms with Crippen LogP contribution in [-0.2, 0) is 16.0 Å². The first-order valence-electron chi connectivity index (χ1n) is 10.8. The minimum atomic E-state index is -0.618. The molecule has 1 aliphatic heterocycles. The standard InChI is InChI=1S/C25H31N3O3/c1-17-4-8-20(9-5-17)16-23(26-19(3)29)24(30)27-22-12-14-28(15-13-22)25(31)21-10-6-18(2)7-11-21/h4-11,22-23H,12-16H2,1-3H3,(H,26,29)(H,27,30). The number of carbonyl (C=O) groups is 3. The molecule has 6 nitrogen and oxygen atoms in total. The minimum absolute atomic E-state index is 0.0103. The monoisotopic (exact) mass is 421 g/mol. The fourth-order valence-electron chi connectivity index (χ4n) is 3.82. The Labute approximate surface area is 184 Å². The number of hydrogen-bond acceptors (Lipinski definition) is 3. The van der Waals surface area contributed by atoms with E-state index in [0.29, 0.717) is 37.9 Å². The van der Waals surface area contributed by atoms with Gasteiger partial charge in [0, 0.05) is 38.0 Å². The van der Waals surface area contributed by atoms with Crippen molar-refractivity contribution in [1.29, 1.82) is 0 Å². The van der Waals surface area contributed by atoms with Crippen molar-refractivity contribution in [2.24, 2.45) is 0 Å². The Kier molecular flexibility index (Phi) is 7.45. The normalized spacial score (nSPS) is 15.3. The summed E-state index contributed by atoms with van der Waals surface area (Å²) in [7, 11) is 0. The fraction of sp³-hybridized carbons (Fsp3) is 0.400. The van der Waals surface area contributed by atoms with E-state index in [9.17, 15) is 14.4 Å². The summed E-state index contributed by atoms with van der Waals surface area (Å²) in [5, 5.41) is 5.84. The SMILES string of the molecule is CC(=O)NC(Cc1ccc(C)cc1)C(=O)NC1CCN(C(=O)c2ccc(C)cc2)CC1. The van der Waals surface area contributed by atoms with Gasteiger partial charge in [0.15, 0.2) is 0 Å². The highest BCUT2D eigenvalue weighted by molar-refractivity contribution is 5.94. The highest BCUT2D eigenvalue weighted by atomic mass is 16.2. The molecule has 0 spiro atoms. The van der Waals surface area contributed by atoms with Crippen molar-refractivity contribution in [2.45, 2.75) is 52.1 Å². The quantitative estimate of drug-likeness (QED) is 0.753. The zero-order valence-electron chi connectivity index (χ0n) is 18.5. The van der Waals surface area contributed by atoms with Crippen LogP contribution in [0.1, 0.15) is 46.8 Å². The summed E-state index contributed by atoms with van der Waals surface area (Å²) in [4.78, 5) is 39.0. The number of amides is 3. The molecule has 0 aromatic heterocycles. The average molecular weight is 422 g/mol. The van der Waals surface area contributed by atoms with Crippen LogP contribution in [-0.4, -0.2) is 47.8 Å². The van der Waals surface area contributed by atoms with Crippen LogP contribution in [0.25, 0.3) is 0 Å². The largest absolute Gasteiger partial charge is 0.351 e. The molecule has 2 N–H and O–H groups in total. The molecule has 164 valence electrons.